The number of carbonyl (C=O) groups is 1. The number of oxazole rings is 1. The van der Waals surface area contributed by atoms with Gasteiger partial charge >= 0.3 is 11.7 Å². The van der Waals surface area contributed by atoms with Gasteiger partial charge in [0.2, 0.25) is 15.9 Å². The van der Waals surface area contributed by atoms with Crippen LogP contribution in [0, 0.1) is 18.8 Å². The van der Waals surface area contributed by atoms with E-state index in [2.05, 4.69) is 4.98 Å². The number of rotatable bonds is 10. The first-order chi connectivity index (χ1) is 21.9. The molecule has 4 heterocycles. The van der Waals surface area contributed by atoms with Crippen LogP contribution < -0.4 is 16.0 Å². The SMILES string of the molecule is COc1ccccc1C(Cn1c(=O)n(C2(C(=O)O)CC2)c(=O)c2c(C)c(-c3ncco3)sc21)OC1CC2CN(S(C)(=O)=O)CC2C1. The second kappa shape index (κ2) is 11.2. The van der Waals surface area contributed by atoms with E-state index in [0.717, 1.165) is 4.57 Å². The molecule has 1 aromatic carbocycles. The molecular formula is C31H34N4O9S2. The van der Waals surface area contributed by atoms with E-state index >= 15 is 0 Å². The minimum absolute atomic E-state index is 0.0298. The van der Waals surface area contributed by atoms with Crippen LogP contribution in [-0.2, 0) is 31.6 Å². The highest BCUT2D eigenvalue weighted by atomic mass is 32.2. The number of aliphatic carboxylic acids is 1. The van der Waals surface area contributed by atoms with Crippen molar-refractivity contribution in [2.24, 2.45) is 11.8 Å². The third kappa shape index (κ3) is 5.00. The molecule has 0 spiro atoms. The van der Waals surface area contributed by atoms with Crippen LogP contribution >= 0.6 is 11.3 Å². The fraction of sp³-hybridized carbons (Fsp3) is 0.484. The molecule has 1 aliphatic heterocycles. The topological polar surface area (TPSA) is 163 Å². The molecule has 3 aliphatic rings. The zero-order valence-corrected chi connectivity index (χ0v) is 27.2. The molecule has 3 aromatic heterocycles. The second-order valence-electron chi connectivity index (χ2n) is 12.5. The van der Waals surface area contributed by atoms with E-state index in [4.69, 9.17) is 13.9 Å². The highest BCUT2D eigenvalue weighted by Crippen LogP contribution is 2.45. The van der Waals surface area contributed by atoms with Crippen molar-refractivity contribution in [2.45, 2.75) is 56.9 Å². The van der Waals surface area contributed by atoms with Crippen LogP contribution in [0.5, 0.6) is 5.75 Å². The quantitative estimate of drug-likeness (QED) is 0.265. The Labute approximate surface area is 268 Å². The van der Waals surface area contributed by atoms with Crippen molar-refractivity contribution in [3.63, 3.8) is 0 Å². The summed E-state index contributed by atoms with van der Waals surface area (Å²) < 4.78 is 46.2. The van der Waals surface area contributed by atoms with Crippen LogP contribution in [0.2, 0.25) is 0 Å². The Kier molecular flexibility index (Phi) is 7.49. The number of sulfonamides is 1. The number of para-hydroxylation sites is 1. The summed E-state index contributed by atoms with van der Waals surface area (Å²) in [7, 11) is -1.73. The van der Waals surface area contributed by atoms with Gasteiger partial charge in [0.1, 0.15) is 28.5 Å². The maximum atomic E-state index is 14.3. The molecule has 244 valence electrons. The molecule has 7 rings (SSSR count). The first-order valence-electron chi connectivity index (χ1n) is 15.1. The normalized spacial score (nSPS) is 23.1. The summed E-state index contributed by atoms with van der Waals surface area (Å²) >= 11 is 1.19. The molecule has 3 fully saturated rings. The fourth-order valence-electron chi connectivity index (χ4n) is 7.20. The largest absolute Gasteiger partial charge is 0.496 e. The van der Waals surface area contributed by atoms with Crippen molar-refractivity contribution in [1.29, 1.82) is 0 Å². The van der Waals surface area contributed by atoms with Crippen molar-refractivity contribution in [1.82, 2.24) is 18.4 Å². The zero-order chi connectivity index (χ0) is 32.5. The Morgan fingerprint density at radius 1 is 1.20 bits per heavy atom. The van der Waals surface area contributed by atoms with Gasteiger partial charge in [0.15, 0.2) is 0 Å². The molecule has 4 aromatic rings. The number of thiophene rings is 1. The molecule has 46 heavy (non-hydrogen) atoms. The van der Waals surface area contributed by atoms with Gasteiger partial charge in [-0.15, -0.1) is 11.3 Å². The lowest BCUT2D eigenvalue weighted by Gasteiger charge is -2.27. The smallest absolute Gasteiger partial charge is 0.333 e. The first kappa shape index (κ1) is 30.8. The Hall–Kier alpha value is -3.79. The van der Waals surface area contributed by atoms with Gasteiger partial charge in [-0.05, 0) is 56.1 Å². The highest BCUT2D eigenvalue weighted by Gasteiger charge is 2.55. The Balaban J connectivity index is 1.34. The molecular weight excluding hydrogens is 636 g/mol. The lowest BCUT2D eigenvalue weighted by atomic mass is 10.0. The van der Waals surface area contributed by atoms with Crippen molar-refractivity contribution in [2.75, 3.05) is 26.5 Å². The molecule has 13 nitrogen and oxygen atoms in total. The number of hydrogen-bond donors (Lipinski definition) is 1. The molecule has 0 radical (unpaired) electrons. The maximum Gasteiger partial charge on any atom is 0.333 e. The predicted octanol–water partition coefficient (Wildman–Crippen LogP) is 3.20. The summed E-state index contributed by atoms with van der Waals surface area (Å²) in [5.41, 5.74) is -1.76. The number of aryl methyl sites for hydroxylation is 1. The molecule has 3 atom stereocenters. The Morgan fingerprint density at radius 2 is 1.89 bits per heavy atom. The van der Waals surface area contributed by atoms with Gasteiger partial charge in [0, 0.05) is 18.7 Å². The molecule has 0 bridgehead atoms. The minimum atomic E-state index is -3.28. The van der Waals surface area contributed by atoms with Crippen molar-refractivity contribution < 1.29 is 32.2 Å². The summed E-state index contributed by atoms with van der Waals surface area (Å²) in [5.74, 6) is -0.0673. The standard InChI is InChI=1S/C31H34N4O9S2/c1-17-24-27(36)35(31(8-9-31)29(37)38)30(39)34(28(24)45-25(17)26-32-10-11-43-26)16-23(21-6-4-5-7-22(21)42-2)44-20-12-18-14-33(46(3,40)41)15-19(18)13-20/h4-7,10-11,18-20,23H,8-9,12-16H2,1-3H3,(H,37,38). The summed E-state index contributed by atoms with van der Waals surface area (Å²) in [6.07, 6.45) is 4.85. The zero-order valence-electron chi connectivity index (χ0n) is 25.5. The average molecular weight is 671 g/mol. The average Bonchev–Trinajstić information content (AvgIpc) is 3.36. The minimum Gasteiger partial charge on any atom is -0.496 e. The first-order valence-corrected chi connectivity index (χ1v) is 17.8. The highest BCUT2D eigenvalue weighted by molar-refractivity contribution is 7.88. The van der Waals surface area contributed by atoms with E-state index in [9.17, 15) is 27.9 Å². The molecule has 1 saturated heterocycles. The summed E-state index contributed by atoms with van der Waals surface area (Å²) in [4.78, 5) is 45.9. The number of benzene rings is 1. The lowest BCUT2D eigenvalue weighted by molar-refractivity contribution is -0.142. The summed E-state index contributed by atoms with van der Waals surface area (Å²) in [5, 5.41) is 10.4. The van der Waals surface area contributed by atoms with Crippen LogP contribution in [0.1, 0.15) is 42.9 Å². The van der Waals surface area contributed by atoms with E-state index < -0.39 is 38.9 Å². The van der Waals surface area contributed by atoms with Crippen LogP contribution in [0.4, 0.5) is 0 Å². The number of carboxylic acids is 1. The van der Waals surface area contributed by atoms with Crippen LogP contribution in [0.25, 0.3) is 21.0 Å². The maximum absolute atomic E-state index is 14.3. The van der Waals surface area contributed by atoms with Crippen molar-refractivity contribution in [3.8, 4) is 16.5 Å². The van der Waals surface area contributed by atoms with Gasteiger partial charge in [-0.25, -0.2) is 31.9 Å². The van der Waals surface area contributed by atoms with Gasteiger partial charge in [-0.3, -0.25) is 9.36 Å². The number of nitrogens with zero attached hydrogens (tertiary/aromatic N) is 4. The molecule has 2 aliphatic carbocycles. The summed E-state index contributed by atoms with van der Waals surface area (Å²) in [6.45, 7) is 2.61. The monoisotopic (exact) mass is 670 g/mol. The van der Waals surface area contributed by atoms with E-state index in [1.165, 1.54) is 38.9 Å². The van der Waals surface area contributed by atoms with E-state index in [-0.39, 0.29) is 42.7 Å². The number of fused-ring (bicyclic) bond motifs is 2. The van der Waals surface area contributed by atoms with Crippen LogP contribution in [0.3, 0.4) is 0 Å². The van der Waals surface area contributed by atoms with Gasteiger partial charge < -0.3 is 19.0 Å². The van der Waals surface area contributed by atoms with Gasteiger partial charge in [-0.1, -0.05) is 18.2 Å². The number of aromatic nitrogens is 3. The predicted molar refractivity (Wildman–Crippen MR) is 169 cm³/mol. The van der Waals surface area contributed by atoms with Crippen LogP contribution in [-0.4, -0.2) is 70.5 Å². The third-order valence-corrected chi connectivity index (χ3v) is 12.3. The fourth-order valence-corrected chi connectivity index (χ4v) is 9.37. The van der Waals surface area contributed by atoms with Gasteiger partial charge in [-0.2, -0.15) is 0 Å². The Bertz CT molecular complexity index is 2050. The molecule has 1 N–H and O–H groups in total. The second-order valence-corrected chi connectivity index (χ2v) is 15.5. The number of hydrogen-bond acceptors (Lipinski definition) is 10. The van der Waals surface area contributed by atoms with E-state index in [0.29, 0.717) is 58.4 Å². The number of carboxylic acid groups (broad SMARTS) is 1. The molecule has 15 heteroatoms. The number of ether oxygens (including phenoxy) is 2. The lowest BCUT2D eigenvalue weighted by Crippen LogP contribution is -2.49. The van der Waals surface area contributed by atoms with E-state index in [1.54, 1.807) is 20.1 Å². The Morgan fingerprint density at radius 3 is 2.48 bits per heavy atom. The van der Waals surface area contributed by atoms with Crippen molar-refractivity contribution in [3.05, 3.63) is 68.7 Å². The van der Waals surface area contributed by atoms with Gasteiger partial charge in [0.05, 0.1) is 42.5 Å². The molecule has 2 saturated carbocycles. The van der Waals surface area contributed by atoms with E-state index in [1.807, 2.05) is 18.2 Å². The van der Waals surface area contributed by atoms with Crippen LogP contribution in [0.15, 0.2) is 50.7 Å². The third-order valence-electron chi connectivity index (χ3n) is 9.72. The molecule has 3 unspecified atom stereocenters. The molecule has 0 amide bonds. The number of methoxy groups -OCH3 is 1. The van der Waals surface area contributed by atoms with Gasteiger partial charge in [0.25, 0.3) is 5.56 Å². The summed E-state index contributed by atoms with van der Waals surface area (Å²) in [6, 6.07) is 7.34. The van der Waals surface area contributed by atoms with Crippen molar-refractivity contribution >= 4 is 37.5 Å².